The Morgan fingerprint density at radius 3 is 2.79 bits per heavy atom. The lowest BCUT2D eigenvalue weighted by atomic mass is 10.1. The van der Waals surface area contributed by atoms with Gasteiger partial charge in [0.1, 0.15) is 5.82 Å². The van der Waals surface area contributed by atoms with Gasteiger partial charge in [0.05, 0.1) is 12.6 Å². The Balaban J connectivity index is 1.85. The number of nitrogens with one attached hydrogen (secondary N) is 1. The highest BCUT2D eigenvalue weighted by Gasteiger charge is 2.01. The Bertz CT molecular complexity index is 567. The average molecular weight is 257 g/mol. The number of nitrogens with zero attached hydrogens (tertiary/aromatic N) is 2. The summed E-state index contributed by atoms with van der Waals surface area (Å²) in [4.78, 5) is 15.5. The topological polar surface area (TPSA) is 54.4 Å². The zero-order valence-corrected chi connectivity index (χ0v) is 10.1. The van der Waals surface area contributed by atoms with E-state index >= 15 is 0 Å². The van der Waals surface area contributed by atoms with Crippen LogP contribution in [0, 0.1) is 5.82 Å². The number of hydrogen-bond acceptors (Lipinski definition) is 3. The van der Waals surface area contributed by atoms with Gasteiger partial charge in [0, 0.05) is 18.0 Å². The quantitative estimate of drug-likeness (QED) is 0.672. The number of rotatable bonds is 4. The fourth-order valence-corrected chi connectivity index (χ4v) is 1.46. The van der Waals surface area contributed by atoms with Crippen molar-refractivity contribution >= 4 is 12.1 Å². The molecule has 0 bridgehead atoms. The van der Waals surface area contributed by atoms with Crippen molar-refractivity contribution in [3.05, 3.63) is 65.7 Å². The minimum Gasteiger partial charge on any atom is -0.273 e. The number of hydrogen-bond donors (Lipinski definition) is 1. The minimum absolute atomic E-state index is 0.157. The van der Waals surface area contributed by atoms with Crippen molar-refractivity contribution < 1.29 is 9.18 Å². The van der Waals surface area contributed by atoms with Crippen molar-refractivity contribution in [2.24, 2.45) is 5.10 Å². The Labute approximate surface area is 110 Å². The predicted molar refractivity (Wildman–Crippen MR) is 70.1 cm³/mol. The largest absolute Gasteiger partial charge is 0.273 e. The smallest absolute Gasteiger partial charge is 0.244 e. The second-order valence-corrected chi connectivity index (χ2v) is 3.88. The van der Waals surface area contributed by atoms with Gasteiger partial charge in [-0.3, -0.25) is 9.78 Å². The second-order valence-electron chi connectivity index (χ2n) is 3.88. The molecular weight excluding hydrogens is 245 g/mol. The van der Waals surface area contributed by atoms with Crippen LogP contribution in [0.2, 0.25) is 0 Å². The van der Waals surface area contributed by atoms with Gasteiger partial charge in [0.25, 0.3) is 0 Å². The number of hydrazone groups is 1. The zero-order valence-electron chi connectivity index (χ0n) is 10.1. The fourth-order valence-electron chi connectivity index (χ4n) is 1.46. The third-order valence-corrected chi connectivity index (χ3v) is 2.37. The first-order valence-electron chi connectivity index (χ1n) is 5.70. The molecule has 1 amide bonds. The summed E-state index contributed by atoms with van der Waals surface area (Å²) in [5.74, 6) is -0.578. The fraction of sp³-hybridized carbons (Fsp3) is 0.0714. The highest BCUT2D eigenvalue weighted by Crippen LogP contribution is 2.03. The molecule has 0 unspecified atom stereocenters. The molecule has 5 heteroatoms. The van der Waals surface area contributed by atoms with Gasteiger partial charge in [0.15, 0.2) is 0 Å². The van der Waals surface area contributed by atoms with Gasteiger partial charge in [-0.15, -0.1) is 0 Å². The van der Waals surface area contributed by atoms with Gasteiger partial charge in [-0.2, -0.15) is 5.10 Å². The van der Waals surface area contributed by atoms with Gasteiger partial charge < -0.3 is 0 Å². The molecule has 1 heterocycles. The molecule has 0 aliphatic rings. The molecule has 0 spiro atoms. The van der Waals surface area contributed by atoms with E-state index in [1.807, 2.05) is 6.07 Å². The molecule has 0 aliphatic heterocycles. The summed E-state index contributed by atoms with van der Waals surface area (Å²) in [6.07, 6.45) is 4.96. The zero-order chi connectivity index (χ0) is 13.5. The van der Waals surface area contributed by atoms with Crippen LogP contribution in [0.4, 0.5) is 4.39 Å². The molecule has 2 aromatic rings. The molecule has 2 rings (SSSR count). The van der Waals surface area contributed by atoms with E-state index in [1.165, 1.54) is 18.3 Å². The van der Waals surface area contributed by atoms with E-state index in [9.17, 15) is 9.18 Å². The van der Waals surface area contributed by atoms with Gasteiger partial charge in [-0.05, 0) is 23.8 Å². The van der Waals surface area contributed by atoms with E-state index < -0.39 is 0 Å². The van der Waals surface area contributed by atoms with Crippen molar-refractivity contribution in [3.63, 3.8) is 0 Å². The molecular formula is C14H12FN3O. The molecule has 96 valence electrons. The van der Waals surface area contributed by atoms with E-state index in [2.05, 4.69) is 15.5 Å². The van der Waals surface area contributed by atoms with E-state index in [0.29, 0.717) is 0 Å². The van der Waals surface area contributed by atoms with E-state index in [-0.39, 0.29) is 18.1 Å². The average Bonchev–Trinajstić information content (AvgIpc) is 2.43. The summed E-state index contributed by atoms with van der Waals surface area (Å²) < 4.78 is 12.7. The Hall–Kier alpha value is -2.56. The van der Waals surface area contributed by atoms with Crippen LogP contribution < -0.4 is 5.43 Å². The molecule has 0 atom stereocenters. The van der Waals surface area contributed by atoms with Crippen LogP contribution in [0.25, 0.3) is 0 Å². The standard InChI is InChI=1S/C14H12FN3O/c15-13-5-3-11(4-6-13)8-14(19)18-17-10-12-2-1-7-16-9-12/h1-7,9-10H,8H2,(H,18,19)/b17-10+. The molecule has 4 nitrogen and oxygen atoms in total. The lowest BCUT2D eigenvalue weighted by Crippen LogP contribution is -2.19. The van der Waals surface area contributed by atoms with Crippen LogP contribution in [0.1, 0.15) is 11.1 Å². The Morgan fingerprint density at radius 1 is 1.32 bits per heavy atom. The van der Waals surface area contributed by atoms with Crippen molar-refractivity contribution in [1.82, 2.24) is 10.4 Å². The molecule has 0 aliphatic carbocycles. The first-order valence-corrected chi connectivity index (χ1v) is 5.70. The summed E-state index contributed by atoms with van der Waals surface area (Å²) in [7, 11) is 0. The normalized spacial score (nSPS) is 10.6. The predicted octanol–water partition coefficient (Wildman–Crippen LogP) is 1.91. The molecule has 0 radical (unpaired) electrons. The van der Waals surface area contributed by atoms with Gasteiger partial charge in [0.2, 0.25) is 5.91 Å². The SMILES string of the molecule is O=C(Cc1ccc(F)cc1)N/N=C/c1cccnc1. The van der Waals surface area contributed by atoms with Crippen LogP contribution in [0.5, 0.6) is 0 Å². The number of carbonyl (C=O) groups is 1. The molecule has 0 saturated heterocycles. The monoisotopic (exact) mass is 257 g/mol. The number of benzene rings is 1. The number of amides is 1. The first kappa shape index (κ1) is 12.9. The van der Waals surface area contributed by atoms with Gasteiger partial charge in [-0.1, -0.05) is 18.2 Å². The first-order chi connectivity index (χ1) is 9.24. The lowest BCUT2D eigenvalue weighted by Gasteiger charge is -2.00. The molecule has 19 heavy (non-hydrogen) atoms. The Kier molecular flexibility index (Phi) is 4.34. The van der Waals surface area contributed by atoms with Crippen LogP contribution in [-0.4, -0.2) is 17.1 Å². The highest BCUT2D eigenvalue weighted by molar-refractivity contribution is 5.82. The van der Waals surface area contributed by atoms with Crippen molar-refractivity contribution in [2.45, 2.75) is 6.42 Å². The number of aromatic nitrogens is 1. The summed E-state index contributed by atoms with van der Waals surface area (Å²) in [5, 5.41) is 3.82. The van der Waals surface area contributed by atoms with E-state index in [1.54, 1.807) is 30.6 Å². The number of pyridine rings is 1. The maximum Gasteiger partial charge on any atom is 0.244 e. The lowest BCUT2D eigenvalue weighted by molar-refractivity contribution is -0.120. The molecule has 1 N–H and O–H groups in total. The maximum atomic E-state index is 12.7. The van der Waals surface area contributed by atoms with Crippen LogP contribution >= 0.6 is 0 Å². The summed E-state index contributed by atoms with van der Waals surface area (Å²) in [5.41, 5.74) is 3.93. The number of halogens is 1. The molecule has 0 fully saturated rings. The number of carbonyl (C=O) groups excluding carboxylic acids is 1. The summed E-state index contributed by atoms with van der Waals surface area (Å²) in [6, 6.07) is 9.38. The van der Waals surface area contributed by atoms with Crippen LogP contribution in [0.15, 0.2) is 53.9 Å². The van der Waals surface area contributed by atoms with Crippen LogP contribution in [0.3, 0.4) is 0 Å². The van der Waals surface area contributed by atoms with E-state index in [4.69, 9.17) is 0 Å². The van der Waals surface area contributed by atoms with Crippen molar-refractivity contribution in [2.75, 3.05) is 0 Å². The third kappa shape index (κ3) is 4.31. The van der Waals surface area contributed by atoms with Crippen LogP contribution in [-0.2, 0) is 11.2 Å². The highest BCUT2D eigenvalue weighted by atomic mass is 19.1. The summed E-state index contributed by atoms with van der Waals surface area (Å²) >= 11 is 0. The van der Waals surface area contributed by atoms with Gasteiger partial charge in [-0.25, -0.2) is 9.82 Å². The van der Waals surface area contributed by atoms with Crippen molar-refractivity contribution in [1.29, 1.82) is 0 Å². The second kappa shape index (κ2) is 6.39. The maximum absolute atomic E-state index is 12.7. The van der Waals surface area contributed by atoms with Crippen molar-refractivity contribution in [3.8, 4) is 0 Å². The van der Waals surface area contributed by atoms with Gasteiger partial charge >= 0.3 is 0 Å². The molecule has 1 aromatic carbocycles. The summed E-state index contributed by atoms with van der Waals surface area (Å²) in [6.45, 7) is 0. The van der Waals surface area contributed by atoms with E-state index in [0.717, 1.165) is 11.1 Å². The Morgan fingerprint density at radius 2 is 2.11 bits per heavy atom. The molecule has 1 aromatic heterocycles. The minimum atomic E-state index is -0.321. The molecule has 0 saturated carbocycles. The third-order valence-electron chi connectivity index (χ3n) is 2.37.